The van der Waals surface area contributed by atoms with E-state index >= 15 is 0 Å². The van der Waals surface area contributed by atoms with Crippen LogP contribution in [0.3, 0.4) is 0 Å². The molecule has 1 aromatic carbocycles. The number of nitrogens with zero attached hydrogens (tertiary/aromatic N) is 1. The van der Waals surface area contributed by atoms with E-state index in [4.69, 9.17) is 10.7 Å². The maximum Gasteiger partial charge on any atom is 0.0750 e. The molecule has 0 amide bonds. The number of aryl methyl sites for hydroxylation is 1. The molecule has 128 valence electrons. The summed E-state index contributed by atoms with van der Waals surface area (Å²) in [7, 11) is 0. The topological polar surface area (TPSA) is 38.9 Å². The molecule has 2 heteroatoms. The molecule has 0 radical (unpaired) electrons. The number of rotatable bonds is 2. The first-order chi connectivity index (χ1) is 10.9. The molecule has 2 rings (SSSR count). The Morgan fingerprint density at radius 2 is 1.57 bits per heavy atom. The van der Waals surface area contributed by atoms with Crippen molar-refractivity contribution in [2.75, 3.05) is 0 Å². The van der Waals surface area contributed by atoms with Gasteiger partial charge in [0, 0.05) is 23.2 Å². The molecule has 0 unspecified atom stereocenters. The lowest BCUT2D eigenvalue weighted by Crippen LogP contribution is -2.15. The van der Waals surface area contributed by atoms with Crippen LogP contribution in [0.15, 0.2) is 36.4 Å². The smallest absolute Gasteiger partial charge is 0.0750 e. The molecule has 0 atom stereocenters. The Morgan fingerprint density at radius 3 is 2.04 bits per heavy atom. The lowest BCUT2D eigenvalue weighted by molar-refractivity contribution is 0.569. The number of hydrogen-bond donors (Lipinski definition) is 1. The van der Waals surface area contributed by atoms with Crippen molar-refractivity contribution < 1.29 is 0 Å². The van der Waals surface area contributed by atoms with Crippen molar-refractivity contribution in [2.45, 2.75) is 67.3 Å². The minimum absolute atomic E-state index is 0.0473. The molecule has 0 spiro atoms. The molecule has 2 nitrogen and oxygen atoms in total. The SMILES string of the molecule is CC.CC.Cc1cccc(-c2nc(C(C)(C)C)ccc2CN)c1. The minimum Gasteiger partial charge on any atom is -0.326 e. The highest BCUT2D eigenvalue weighted by Gasteiger charge is 2.17. The van der Waals surface area contributed by atoms with Gasteiger partial charge in [-0.15, -0.1) is 0 Å². The van der Waals surface area contributed by atoms with Gasteiger partial charge in [-0.1, -0.05) is 78.3 Å². The zero-order valence-electron chi connectivity index (χ0n) is 16.2. The van der Waals surface area contributed by atoms with Crippen LogP contribution in [-0.2, 0) is 12.0 Å². The van der Waals surface area contributed by atoms with E-state index in [9.17, 15) is 0 Å². The highest BCUT2D eigenvalue weighted by Crippen LogP contribution is 2.27. The highest BCUT2D eigenvalue weighted by atomic mass is 14.7. The van der Waals surface area contributed by atoms with Crippen molar-refractivity contribution in [3.63, 3.8) is 0 Å². The minimum atomic E-state index is 0.0473. The van der Waals surface area contributed by atoms with Gasteiger partial charge in [0.1, 0.15) is 0 Å². The first-order valence-electron chi connectivity index (χ1n) is 8.69. The van der Waals surface area contributed by atoms with Gasteiger partial charge in [-0.2, -0.15) is 0 Å². The average molecular weight is 315 g/mol. The van der Waals surface area contributed by atoms with Gasteiger partial charge in [-0.05, 0) is 24.6 Å². The van der Waals surface area contributed by atoms with Gasteiger partial charge in [-0.3, -0.25) is 4.98 Å². The van der Waals surface area contributed by atoms with Crippen LogP contribution in [-0.4, -0.2) is 4.98 Å². The van der Waals surface area contributed by atoms with Crippen molar-refractivity contribution in [1.82, 2.24) is 4.98 Å². The standard InChI is InChI=1S/C17H22N2.2C2H6/c1-12-6-5-7-13(10-12)16-14(11-18)8-9-15(19-16)17(2,3)4;2*1-2/h5-10H,11,18H2,1-4H3;2*1-2H3. The maximum atomic E-state index is 5.85. The van der Waals surface area contributed by atoms with Gasteiger partial charge in [0.15, 0.2) is 0 Å². The highest BCUT2D eigenvalue weighted by molar-refractivity contribution is 5.64. The number of aromatic nitrogens is 1. The fourth-order valence-corrected chi connectivity index (χ4v) is 2.11. The summed E-state index contributed by atoms with van der Waals surface area (Å²) >= 11 is 0. The molecule has 0 aliphatic rings. The summed E-state index contributed by atoms with van der Waals surface area (Å²) in [4.78, 5) is 4.85. The lowest BCUT2D eigenvalue weighted by atomic mass is 9.90. The quantitative estimate of drug-likeness (QED) is 0.753. The Hall–Kier alpha value is -1.67. The van der Waals surface area contributed by atoms with Gasteiger partial charge in [0.25, 0.3) is 0 Å². The third-order valence-electron chi connectivity index (χ3n) is 3.26. The molecule has 0 bridgehead atoms. The summed E-state index contributed by atoms with van der Waals surface area (Å²) in [6.07, 6.45) is 0. The fraction of sp³-hybridized carbons (Fsp3) is 0.476. The lowest BCUT2D eigenvalue weighted by Gasteiger charge is -2.20. The summed E-state index contributed by atoms with van der Waals surface area (Å²) in [6.45, 7) is 17.1. The van der Waals surface area contributed by atoms with E-state index in [1.165, 1.54) is 5.56 Å². The van der Waals surface area contributed by atoms with E-state index in [0.717, 1.165) is 22.5 Å². The third kappa shape index (κ3) is 6.15. The molecule has 1 heterocycles. The summed E-state index contributed by atoms with van der Waals surface area (Å²) < 4.78 is 0. The van der Waals surface area contributed by atoms with Crippen LogP contribution >= 0.6 is 0 Å². The van der Waals surface area contributed by atoms with E-state index in [1.807, 2.05) is 27.7 Å². The average Bonchev–Trinajstić information content (AvgIpc) is 2.57. The Morgan fingerprint density at radius 1 is 0.957 bits per heavy atom. The number of nitrogens with two attached hydrogens (primary N) is 1. The van der Waals surface area contributed by atoms with Crippen molar-refractivity contribution >= 4 is 0 Å². The summed E-state index contributed by atoms with van der Waals surface area (Å²) in [6, 6.07) is 12.6. The molecule has 23 heavy (non-hydrogen) atoms. The summed E-state index contributed by atoms with van der Waals surface area (Å²) in [5.74, 6) is 0. The second kappa shape index (κ2) is 10.2. The Kier molecular flexibility index (Phi) is 9.43. The van der Waals surface area contributed by atoms with Gasteiger partial charge in [0.2, 0.25) is 0 Å². The molecule has 0 aliphatic heterocycles. The Balaban J connectivity index is 0.00000112. The number of hydrogen-bond acceptors (Lipinski definition) is 2. The van der Waals surface area contributed by atoms with Crippen LogP contribution in [0.1, 0.15) is 65.3 Å². The molecule has 0 saturated carbocycles. The third-order valence-corrected chi connectivity index (χ3v) is 3.26. The van der Waals surface area contributed by atoms with Crippen LogP contribution < -0.4 is 5.73 Å². The zero-order valence-corrected chi connectivity index (χ0v) is 16.2. The molecule has 1 aromatic heterocycles. The van der Waals surface area contributed by atoms with Gasteiger partial charge in [0.05, 0.1) is 5.69 Å². The van der Waals surface area contributed by atoms with Crippen LogP contribution in [0.25, 0.3) is 11.3 Å². The molecular formula is C21H34N2. The van der Waals surface area contributed by atoms with E-state index in [0.29, 0.717) is 6.54 Å². The van der Waals surface area contributed by atoms with Gasteiger partial charge in [-0.25, -0.2) is 0 Å². The second-order valence-electron chi connectivity index (χ2n) is 6.03. The molecule has 0 fully saturated rings. The van der Waals surface area contributed by atoms with E-state index < -0.39 is 0 Å². The first kappa shape index (κ1) is 21.3. The largest absolute Gasteiger partial charge is 0.326 e. The molecule has 2 N–H and O–H groups in total. The number of pyridine rings is 1. The van der Waals surface area contributed by atoms with Crippen LogP contribution in [0.5, 0.6) is 0 Å². The Bertz CT molecular complexity index is 581. The predicted octanol–water partition coefficient (Wildman–Crippen LogP) is 5.87. The monoisotopic (exact) mass is 314 g/mol. The molecule has 0 saturated heterocycles. The van der Waals surface area contributed by atoms with Crippen molar-refractivity contribution in [3.05, 3.63) is 53.2 Å². The van der Waals surface area contributed by atoms with Gasteiger partial charge < -0.3 is 5.73 Å². The van der Waals surface area contributed by atoms with E-state index in [2.05, 4.69) is 64.1 Å². The zero-order chi connectivity index (χ0) is 18.0. The predicted molar refractivity (Wildman–Crippen MR) is 104 cm³/mol. The molecule has 2 aromatic rings. The maximum absolute atomic E-state index is 5.85. The van der Waals surface area contributed by atoms with Gasteiger partial charge >= 0.3 is 0 Å². The summed E-state index contributed by atoms with van der Waals surface area (Å²) in [5.41, 5.74) is 11.5. The second-order valence-corrected chi connectivity index (χ2v) is 6.03. The molecule has 0 aliphatic carbocycles. The van der Waals surface area contributed by atoms with Crippen LogP contribution in [0, 0.1) is 6.92 Å². The first-order valence-corrected chi connectivity index (χ1v) is 8.69. The van der Waals surface area contributed by atoms with Crippen LogP contribution in [0.4, 0.5) is 0 Å². The summed E-state index contributed by atoms with van der Waals surface area (Å²) in [5, 5.41) is 0. The Labute approximate surface area is 143 Å². The van der Waals surface area contributed by atoms with Crippen LogP contribution in [0.2, 0.25) is 0 Å². The van der Waals surface area contributed by atoms with E-state index in [1.54, 1.807) is 0 Å². The van der Waals surface area contributed by atoms with Crippen molar-refractivity contribution in [2.24, 2.45) is 5.73 Å². The van der Waals surface area contributed by atoms with E-state index in [-0.39, 0.29) is 5.41 Å². The fourth-order valence-electron chi connectivity index (χ4n) is 2.11. The van der Waals surface area contributed by atoms with Crippen molar-refractivity contribution in [3.8, 4) is 11.3 Å². The molecular weight excluding hydrogens is 280 g/mol. The van der Waals surface area contributed by atoms with Crippen molar-refractivity contribution in [1.29, 1.82) is 0 Å². The number of benzene rings is 1. The normalized spacial score (nSPS) is 10.1.